The summed E-state index contributed by atoms with van der Waals surface area (Å²) in [6.07, 6.45) is 55.8. The summed E-state index contributed by atoms with van der Waals surface area (Å²) in [5.41, 5.74) is 3.90. The Bertz CT molecular complexity index is 2490. The van der Waals surface area contributed by atoms with Crippen LogP contribution in [-0.4, -0.2) is 324 Å². The number of likely N-dealkylation sites (tertiary alicyclic amines) is 9. The molecule has 18 fully saturated rings. The summed E-state index contributed by atoms with van der Waals surface area (Å²) in [5, 5.41) is 0. The number of piperidine rings is 9. The highest BCUT2D eigenvalue weighted by Gasteiger charge is 2.48. The first kappa shape index (κ1) is 107. The number of hydrogen-bond donors (Lipinski definition) is 0. The lowest BCUT2D eigenvalue weighted by atomic mass is 9.72. The molecule has 0 bridgehead atoms. The Kier molecular flexibility index (Phi) is 45.4. The smallest absolute Gasteiger partial charge is 0.121 e. The van der Waals surface area contributed by atoms with Crippen molar-refractivity contribution in [3.63, 3.8) is 0 Å². The molecule has 0 aromatic rings. The molecule has 4 atom stereocenters. The molecule has 0 saturated carbocycles. The van der Waals surface area contributed by atoms with Crippen molar-refractivity contribution in [3.8, 4) is 0 Å². The lowest BCUT2D eigenvalue weighted by molar-refractivity contribution is -0.206. The quantitative estimate of drug-likeness (QED) is 0.218. The van der Waals surface area contributed by atoms with E-state index < -0.39 is 0 Å². The standard InChI is InChI=1S/9C12H23NO/c1-11(2)13-7-3-12(4-8-13)5-9-14-10-6-12;1-11(2)13-7-3-5-12(9-13)6-4-8-14-10-12;1-11(2)13-9-5-3-7-12(13)8-4-6-10-14-12;1-11(2)13-7-5-12(6-8-13)4-3-9-14-10-12;1-11(2)13-7-3-4-12(10-13)5-8-14-9-6-12;1-11(2)13-8-5-7-12(10-13)6-3-4-9-14-12;1-11(2)13-8-4-3-6-12(13)7-5-9-14-10-12;1-11(2)13-8-6-12(7-9-13)5-3-4-10-14-12;1-11(2)13-8-4-3-5-12(13)6-9-14-10-7-12/h9*11H,3-10H2,1-2H3. The summed E-state index contributed by atoms with van der Waals surface area (Å²) in [5.74, 6) is 0. The zero-order chi connectivity index (χ0) is 90.2. The fourth-order valence-electron chi connectivity index (χ4n) is 26.4. The SMILES string of the molecule is CC(C)N1CCC2(CCCCO2)CC1.CC(C)N1CCC2(CCCOC2)CC1.CC(C)N1CCC2(CCOCC2)CC1.CC(C)N1CCCC2(CCCCO2)C1.CC(C)N1CCCC2(CCCOC2)C1.CC(C)N1CCCC2(CCOCC2)C1.CC(C)N1CCCCC12CCCCO2.CC(C)N1CCCCC12CCCOC2.CC(C)N1CCCCC12CCOCC2. The van der Waals surface area contributed by atoms with E-state index >= 15 is 0 Å². The summed E-state index contributed by atoms with van der Waals surface area (Å²) >= 11 is 0. The van der Waals surface area contributed by atoms with Gasteiger partial charge in [0.25, 0.3) is 0 Å². The molecule has 0 N–H and O–H groups in total. The van der Waals surface area contributed by atoms with Crippen molar-refractivity contribution in [2.45, 2.75) is 477 Å². The van der Waals surface area contributed by atoms with Gasteiger partial charge in [0.1, 0.15) is 5.72 Å². The predicted molar refractivity (Wildman–Crippen MR) is 526 cm³/mol. The Morgan fingerprint density at radius 3 is 0.937 bits per heavy atom. The van der Waals surface area contributed by atoms with Gasteiger partial charge in [0.2, 0.25) is 0 Å². The van der Waals surface area contributed by atoms with Gasteiger partial charge in [0, 0.05) is 189 Å². The topological polar surface area (TPSA) is 112 Å². The molecule has 9 spiro atoms. The molecular formula is C108H207N9O9. The third-order valence-electron chi connectivity index (χ3n) is 35.0. The van der Waals surface area contributed by atoms with E-state index in [-0.39, 0.29) is 16.9 Å². The predicted octanol–water partition coefficient (Wildman–Crippen LogP) is 21.6. The monoisotopic (exact) mass is 1770 g/mol. The Balaban J connectivity index is 0.000000148. The highest BCUT2D eigenvalue weighted by atomic mass is 16.5. The zero-order valence-corrected chi connectivity index (χ0v) is 86.3. The first-order valence-electron chi connectivity index (χ1n) is 54.7. The van der Waals surface area contributed by atoms with E-state index in [9.17, 15) is 0 Å². The second kappa shape index (κ2) is 53.3. The van der Waals surface area contributed by atoms with Crippen molar-refractivity contribution in [2.24, 2.45) is 21.7 Å². The molecule has 738 valence electrons. The van der Waals surface area contributed by atoms with Crippen LogP contribution in [0.3, 0.4) is 0 Å². The summed E-state index contributed by atoms with van der Waals surface area (Å²) in [7, 11) is 0. The molecule has 4 unspecified atom stereocenters. The fraction of sp³-hybridized carbons (Fsp3) is 1.00. The Labute approximate surface area is 778 Å². The second-order valence-electron chi connectivity index (χ2n) is 46.6. The number of nitrogens with zero attached hydrogens (tertiary/aromatic N) is 9. The van der Waals surface area contributed by atoms with E-state index in [2.05, 4.69) is 169 Å². The molecule has 0 radical (unpaired) electrons. The molecule has 18 heterocycles. The van der Waals surface area contributed by atoms with E-state index in [4.69, 9.17) is 42.6 Å². The summed E-state index contributed by atoms with van der Waals surface area (Å²) < 4.78 is 51.6. The van der Waals surface area contributed by atoms with Gasteiger partial charge in [-0.1, -0.05) is 12.8 Å². The van der Waals surface area contributed by atoms with Crippen LogP contribution in [-0.2, 0) is 42.6 Å². The lowest BCUT2D eigenvalue weighted by Gasteiger charge is -2.51. The fourth-order valence-corrected chi connectivity index (χ4v) is 26.4. The zero-order valence-electron chi connectivity index (χ0n) is 86.3. The molecule has 18 aliphatic heterocycles. The highest BCUT2D eigenvalue weighted by Crippen LogP contribution is 2.47. The second-order valence-corrected chi connectivity index (χ2v) is 46.6. The van der Waals surface area contributed by atoms with Crippen LogP contribution in [0.1, 0.15) is 394 Å². The van der Waals surface area contributed by atoms with Crippen LogP contribution >= 0.6 is 0 Å². The van der Waals surface area contributed by atoms with E-state index in [1.165, 1.54) is 368 Å². The van der Waals surface area contributed by atoms with Crippen LogP contribution in [0.4, 0.5) is 0 Å². The van der Waals surface area contributed by atoms with Crippen molar-refractivity contribution in [2.75, 3.05) is 197 Å². The maximum absolute atomic E-state index is 6.11. The lowest BCUT2D eigenvalue weighted by Crippen LogP contribution is -2.58. The van der Waals surface area contributed by atoms with Crippen molar-refractivity contribution < 1.29 is 42.6 Å². The van der Waals surface area contributed by atoms with Crippen molar-refractivity contribution in [3.05, 3.63) is 0 Å². The van der Waals surface area contributed by atoms with Crippen LogP contribution in [0.15, 0.2) is 0 Å². The molecule has 0 aliphatic carbocycles. The van der Waals surface area contributed by atoms with Crippen molar-refractivity contribution in [1.29, 1.82) is 0 Å². The molecule has 18 saturated heterocycles. The number of ether oxygens (including phenoxy) is 9. The van der Waals surface area contributed by atoms with Gasteiger partial charge in [0.15, 0.2) is 0 Å². The van der Waals surface area contributed by atoms with Crippen LogP contribution in [0, 0.1) is 21.7 Å². The molecule has 0 amide bonds. The molecule has 18 heteroatoms. The summed E-state index contributed by atoms with van der Waals surface area (Å²) in [6.45, 7) is 75.5. The number of hydrogen-bond acceptors (Lipinski definition) is 18. The summed E-state index contributed by atoms with van der Waals surface area (Å²) in [4.78, 5) is 23.6. The first-order valence-corrected chi connectivity index (χ1v) is 54.7. The van der Waals surface area contributed by atoms with Gasteiger partial charge in [0.05, 0.1) is 31.0 Å². The minimum atomic E-state index is 0.130. The first-order chi connectivity index (χ1) is 60.5. The molecule has 18 nitrogen and oxygen atoms in total. The average Bonchev–Trinajstić information content (AvgIpc) is 0.793. The Morgan fingerprint density at radius 1 is 0.175 bits per heavy atom. The minimum Gasteiger partial charge on any atom is -0.381 e. The molecule has 18 rings (SSSR count). The maximum Gasteiger partial charge on any atom is 0.121 e. The van der Waals surface area contributed by atoms with Crippen molar-refractivity contribution >= 4 is 0 Å². The van der Waals surface area contributed by atoms with E-state index in [0.29, 0.717) is 69.0 Å². The van der Waals surface area contributed by atoms with Crippen LogP contribution in [0.2, 0.25) is 0 Å². The summed E-state index contributed by atoms with van der Waals surface area (Å²) in [6, 6.07) is 6.26. The van der Waals surface area contributed by atoms with Gasteiger partial charge in [-0.3, -0.25) is 19.6 Å². The van der Waals surface area contributed by atoms with Gasteiger partial charge in [-0.2, -0.15) is 0 Å². The van der Waals surface area contributed by atoms with Crippen LogP contribution in [0.25, 0.3) is 0 Å². The largest absolute Gasteiger partial charge is 0.381 e. The average molecular weight is 1780 g/mol. The minimum absolute atomic E-state index is 0.130. The van der Waals surface area contributed by atoms with Gasteiger partial charge < -0.3 is 67.1 Å². The Hall–Kier alpha value is -0.720. The molecule has 0 aromatic carbocycles. The molecular weight excluding hydrogens is 1570 g/mol. The molecule has 0 aromatic heterocycles. The van der Waals surface area contributed by atoms with Gasteiger partial charge in [-0.05, 0) is 457 Å². The van der Waals surface area contributed by atoms with Crippen molar-refractivity contribution in [1.82, 2.24) is 44.1 Å². The normalized spacial score (nSPS) is 31.5. The molecule has 18 aliphatic rings. The van der Waals surface area contributed by atoms with Gasteiger partial charge >= 0.3 is 0 Å². The van der Waals surface area contributed by atoms with E-state index in [1.54, 1.807) is 0 Å². The maximum atomic E-state index is 6.11. The van der Waals surface area contributed by atoms with Crippen LogP contribution in [0.5, 0.6) is 0 Å². The van der Waals surface area contributed by atoms with Gasteiger partial charge in [-0.25, -0.2) is 0 Å². The third kappa shape index (κ3) is 32.2. The third-order valence-corrected chi connectivity index (χ3v) is 35.0. The Morgan fingerprint density at radius 2 is 0.508 bits per heavy atom. The van der Waals surface area contributed by atoms with Gasteiger partial charge in [-0.15, -0.1) is 0 Å². The number of rotatable bonds is 9. The molecule has 126 heavy (non-hydrogen) atoms. The van der Waals surface area contributed by atoms with Crippen LogP contribution < -0.4 is 0 Å². The van der Waals surface area contributed by atoms with E-state index in [0.717, 1.165) is 117 Å². The van der Waals surface area contributed by atoms with E-state index in [1.807, 2.05) is 0 Å². The highest BCUT2D eigenvalue weighted by molar-refractivity contribution is 5.01.